The summed E-state index contributed by atoms with van der Waals surface area (Å²) in [5, 5.41) is 29.1. The number of carbonyl (C=O) groups is 4. The summed E-state index contributed by atoms with van der Waals surface area (Å²) < 4.78 is 29.6. The highest BCUT2D eigenvalue weighted by Crippen LogP contribution is 2.40. The number of fused-ring (bicyclic) bond motifs is 2. The maximum Gasteiger partial charge on any atom is 0.245 e. The molecule has 2 aliphatic heterocycles. The zero-order chi connectivity index (χ0) is 42.0. The zero-order valence-corrected chi connectivity index (χ0v) is 34.3. The summed E-state index contributed by atoms with van der Waals surface area (Å²) in [4.78, 5) is 64.0. The number of rotatable bonds is 15. The first-order valence-corrected chi connectivity index (χ1v) is 20.9. The van der Waals surface area contributed by atoms with E-state index in [-0.39, 0.29) is 74.2 Å². The third-order valence-corrected chi connectivity index (χ3v) is 12.4. The van der Waals surface area contributed by atoms with Gasteiger partial charge in [0.15, 0.2) is 0 Å². The first kappa shape index (κ1) is 42.8. The van der Waals surface area contributed by atoms with Crippen LogP contribution < -0.4 is 10.6 Å². The Labute approximate surface area is 338 Å². The number of benzene rings is 2. The Morgan fingerprint density at radius 3 is 1.40 bits per heavy atom. The van der Waals surface area contributed by atoms with Crippen molar-refractivity contribution in [3.8, 4) is 11.4 Å². The van der Waals surface area contributed by atoms with Crippen molar-refractivity contribution in [1.82, 2.24) is 30.4 Å². The summed E-state index contributed by atoms with van der Waals surface area (Å²) in [5.74, 6) is -2.44. The Morgan fingerprint density at radius 2 is 1.05 bits per heavy atom. The van der Waals surface area contributed by atoms with E-state index in [1.165, 1.54) is 24.3 Å². The second-order valence-electron chi connectivity index (χ2n) is 16.4. The van der Waals surface area contributed by atoms with Gasteiger partial charge in [0, 0.05) is 58.8 Å². The molecular weight excluding hydrogens is 747 g/mol. The maximum absolute atomic E-state index is 14.8. The van der Waals surface area contributed by atoms with E-state index in [0.717, 1.165) is 11.1 Å². The summed E-state index contributed by atoms with van der Waals surface area (Å²) in [6.45, 7) is 11.3. The van der Waals surface area contributed by atoms with E-state index in [2.05, 4.69) is 20.6 Å². The molecule has 8 atom stereocenters. The van der Waals surface area contributed by atoms with Crippen molar-refractivity contribution in [2.45, 2.75) is 129 Å². The number of carbonyl (C=O) groups excluding carboxylic acids is 4. The molecule has 58 heavy (non-hydrogen) atoms. The van der Waals surface area contributed by atoms with Crippen LogP contribution in [0.3, 0.4) is 0 Å². The van der Waals surface area contributed by atoms with Crippen LogP contribution in [0.1, 0.15) is 91.2 Å². The number of aromatic nitrogens is 2. The monoisotopic (exact) mass is 804 g/mol. The smallest absolute Gasteiger partial charge is 0.245 e. The van der Waals surface area contributed by atoms with E-state index in [9.17, 15) is 38.2 Å². The van der Waals surface area contributed by atoms with Crippen molar-refractivity contribution in [2.24, 2.45) is 11.8 Å². The van der Waals surface area contributed by atoms with E-state index in [1.807, 2.05) is 41.5 Å². The molecule has 2 aliphatic rings. The summed E-state index contributed by atoms with van der Waals surface area (Å²) in [5.41, 5.74) is 3.66. The molecule has 0 spiro atoms. The van der Waals surface area contributed by atoms with Crippen LogP contribution >= 0.6 is 0 Å². The van der Waals surface area contributed by atoms with Gasteiger partial charge in [-0.2, -0.15) is 0 Å². The third-order valence-electron chi connectivity index (χ3n) is 12.4. The van der Waals surface area contributed by atoms with Gasteiger partial charge in [-0.3, -0.25) is 19.2 Å². The number of nitrogens with zero attached hydrogens (tertiary/aromatic N) is 2. The predicted molar refractivity (Wildman–Crippen MR) is 219 cm³/mol. The van der Waals surface area contributed by atoms with Gasteiger partial charge < -0.3 is 40.6 Å². The lowest BCUT2D eigenvalue weighted by Crippen LogP contribution is -2.51. The van der Waals surface area contributed by atoms with E-state index in [1.54, 1.807) is 21.9 Å². The largest absolute Gasteiger partial charge is 0.391 e. The first-order chi connectivity index (χ1) is 27.7. The summed E-state index contributed by atoms with van der Waals surface area (Å²) in [7, 11) is 0. The quantitative estimate of drug-likeness (QED) is 0.0930. The van der Waals surface area contributed by atoms with Crippen LogP contribution in [-0.4, -0.2) is 103 Å². The first-order valence-electron chi connectivity index (χ1n) is 20.9. The molecule has 2 saturated heterocycles. The fourth-order valence-electron chi connectivity index (χ4n) is 8.56. The second-order valence-corrected chi connectivity index (χ2v) is 16.4. The molecule has 0 bridgehead atoms. The van der Waals surface area contributed by atoms with Gasteiger partial charge in [0.25, 0.3) is 0 Å². The minimum absolute atomic E-state index is 0.0901. The van der Waals surface area contributed by atoms with Gasteiger partial charge in [-0.15, -0.1) is 0 Å². The Morgan fingerprint density at radius 1 is 0.672 bits per heavy atom. The topological polar surface area (TPSA) is 171 Å². The molecule has 2 aromatic carbocycles. The molecule has 314 valence electrons. The fourth-order valence-corrected chi connectivity index (χ4v) is 8.56. The Kier molecular flexibility index (Phi) is 13.3. The SMILES string of the molecule is CC[C@@H](C)C(=O)N[C@@H](CC)C(=O)N1C[C@@H](O)C[C@H]1Cc1c(-c2[nH]c3cc(F)ccc3c2C[C@@H]2C[C@H](O)CN2C(=O)[C@H](CC)NC(=O)[C@H](C)CC)[nH]c2cc(F)ccc12. The van der Waals surface area contributed by atoms with Crippen molar-refractivity contribution in [1.29, 1.82) is 0 Å². The van der Waals surface area contributed by atoms with Crippen molar-refractivity contribution in [2.75, 3.05) is 13.1 Å². The van der Waals surface area contributed by atoms with Crippen molar-refractivity contribution in [3.05, 3.63) is 59.2 Å². The lowest BCUT2D eigenvalue weighted by Gasteiger charge is -2.30. The average molecular weight is 805 g/mol. The highest BCUT2D eigenvalue weighted by molar-refractivity contribution is 5.97. The van der Waals surface area contributed by atoms with Gasteiger partial charge in [0.05, 0.1) is 23.6 Å². The Hall–Kier alpha value is -4.82. The molecule has 6 N–H and O–H groups in total. The molecule has 4 heterocycles. The van der Waals surface area contributed by atoms with Crippen LogP contribution in [0.25, 0.3) is 33.2 Å². The van der Waals surface area contributed by atoms with E-state index < -0.39 is 48.0 Å². The molecule has 2 aromatic heterocycles. The molecule has 6 rings (SSSR count). The van der Waals surface area contributed by atoms with Crippen molar-refractivity contribution >= 4 is 45.4 Å². The number of β-amino-alcohol motifs (C(OH)–C–C–N with tert-alkyl or cyclic N) is 2. The van der Waals surface area contributed by atoms with Crippen LogP contribution in [0.2, 0.25) is 0 Å². The van der Waals surface area contributed by atoms with E-state index in [4.69, 9.17) is 0 Å². The van der Waals surface area contributed by atoms with Crippen LogP contribution in [0.5, 0.6) is 0 Å². The molecule has 4 amide bonds. The number of aliphatic hydroxyl groups is 2. The number of hydrogen-bond donors (Lipinski definition) is 6. The molecule has 2 fully saturated rings. The van der Waals surface area contributed by atoms with Crippen LogP contribution in [0.4, 0.5) is 8.78 Å². The number of amides is 4. The number of hydrogen-bond acceptors (Lipinski definition) is 6. The zero-order valence-electron chi connectivity index (χ0n) is 34.3. The number of aliphatic hydroxyl groups excluding tert-OH is 2. The Bertz CT molecular complexity index is 2000. The molecule has 12 nitrogen and oxygen atoms in total. The fraction of sp³-hybridized carbons (Fsp3) is 0.545. The van der Waals surface area contributed by atoms with Crippen LogP contribution in [0, 0.1) is 23.5 Å². The summed E-state index contributed by atoms with van der Waals surface area (Å²) in [6, 6.07) is 6.36. The lowest BCUT2D eigenvalue weighted by molar-refractivity contribution is -0.138. The minimum Gasteiger partial charge on any atom is -0.391 e. The van der Waals surface area contributed by atoms with Gasteiger partial charge in [-0.05, 0) is 98.9 Å². The molecule has 4 aromatic rings. The molecule has 0 aliphatic carbocycles. The lowest BCUT2D eigenvalue weighted by atomic mass is 9.94. The molecule has 14 heteroatoms. The van der Waals surface area contributed by atoms with Gasteiger partial charge >= 0.3 is 0 Å². The van der Waals surface area contributed by atoms with E-state index >= 15 is 0 Å². The highest BCUT2D eigenvalue weighted by Gasteiger charge is 2.41. The van der Waals surface area contributed by atoms with Crippen LogP contribution in [-0.2, 0) is 32.0 Å². The number of halogens is 2. The summed E-state index contributed by atoms with van der Waals surface area (Å²) in [6.07, 6.45) is 1.48. The molecular formula is C44H58F2N6O6. The molecule has 0 saturated carbocycles. The number of aromatic amines is 2. The van der Waals surface area contributed by atoms with Gasteiger partial charge in [-0.25, -0.2) is 8.78 Å². The standard InChI is InChI=1S/C44H58F2N6O6/c1-7-23(5)41(55)49-35(9-3)43(57)51-21-29(53)17-27(51)19-33-31-13-11-25(45)15-37(31)47-39(33)40-34(32-14-12-26(46)16-38(32)48-40)20-28-18-30(54)22-52(28)44(58)36(10-4)50-42(56)24(6)8-2/h11-16,23-24,27-30,35-36,47-48,53-54H,7-10,17-22H2,1-6H3,(H,49,55)(H,50,56)/t23-,24-,27+,28+,29+,30+,35+,36+/m1/s1. The third kappa shape index (κ3) is 8.78. The molecule has 0 unspecified atom stereocenters. The highest BCUT2D eigenvalue weighted by atomic mass is 19.1. The van der Waals surface area contributed by atoms with Crippen molar-refractivity contribution < 1.29 is 38.2 Å². The minimum atomic E-state index is -0.798. The normalized spacial score (nSPS) is 21.7. The number of nitrogens with one attached hydrogen (secondary N) is 4. The Balaban J connectivity index is 1.40. The van der Waals surface area contributed by atoms with Crippen LogP contribution in [0.15, 0.2) is 36.4 Å². The number of likely N-dealkylation sites (tertiary alicyclic amines) is 2. The average Bonchev–Trinajstić information content (AvgIpc) is 3.96. The number of H-pyrrole nitrogens is 2. The second kappa shape index (κ2) is 18.0. The summed E-state index contributed by atoms with van der Waals surface area (Å²) >= 11 is 0. The predicted octanol–water partition coefficient (Wildman–Crippen LogP) is 5.48. The van der Waals surface area contributed by atoms with E-state index in [0.29, 0.717) is 58.9 Å². The van der Waals surface area contributed by atoms with Gasteiger partial charge in [0.1, 0.15) is 23.7 Å². The van der Waals surface area contributed by atoms with Crippen molar-refractivity contribution in [3.63, 3.8) is 0 Å². The van der Waals surface area contributed by atoms with Gasteiger partial charge in [-0.1, -0.05) is 41.5 Å². The van der Waals surface area contributed by atoms with Gasteiger partial charge in [0.2, 0.25) is 23.6 Å². The molecule has 0 radical (unpaired) electrons. The maximum atomic E-state index is 14.8.